The topological polar surface area (TPSA) is 46.3 Å². The Balaban J connectivity index is 1.89. The Hall–Kier alpha value is -1.65. The van der Waals surface area contributed by atoms with Crippen LogP contribution in [0.3, 0.4) is 0 Å². The summed E-state index contributed by atoms with van der Waals surface area (Å²) in [6.07, 6.45) is 0.690. The number of amides is 1. The molecule has 0 aliphatic carbocycles. The summed E-state index contributed by atoms with van der Waals surface area (Å²) in [6, 6.07) is 16.1. The summed E-state index contributed by atoms with van der Waals surface area (Å²) in [5.74, 6) is -0.253. The molecule has 2 aromatic carbocycles. The van der Waals surface area contributed by atoms with Gasteiger partial charge in [-0.15, -0.1) is 0 Å². The number of primary amides is 1. The first kappa shape index (κ1) is 14.3. The monoisotopic (exact) mass is 344 g/mol. The lowest BCUT2D eigenvalue weighted by Crippen LogP contribution is -2.48. The number of rotatable bonds is 3. The molecule has 21 heavy (non-hydrogen) atoms. The first-order valence-electron chi connectivity index (χ1n) is 6.98. The van der Waals surface area contributed by atoms with Gasteiger partial charge in [-0.05, 0) is 29.2 Å². The van der Waals surface area contributed by atoms with Gasteiger partial charge in [-0.2, -0.15) is 0 Å². The molecule has 1 amide bonds. The second-order valence-corrected chi connectivity index (χ2v) is 6.24. The van der Waals surface area contributed by atoms with E-state index in [2.05, 4.69) is 39.0 Å². The van der Waals surface area contributed by atoms with E-state index in [1.54, 1.807) is 0 Å². The first-order chi connectivity index (χ1) is 10.1. The molecule has 0 bridgehead atoms. The lowest BCUT2D eigenvalue weighted by atomic mass is 9.93. The summed E-state index contributed by atoms with van der Waals surface area (Å²) in [5.41, 5.74) is 9.29. The molecule has 1 heterocycles. The Kier molecular flexibility index (Phi) is 4.08. The van der Waals surface area contributed by atoms with E-state index in [1.165, 1.54) is 16.7 Å². The van der Waals surface area contributed by atoms with Crippen molar-refractivity contribution in [2.24, 2.45) is 5.73 Å². The number of hydrogen-bond acceptors (Lipinski definition) is 2. The number of benzene rings is 2. The number of nitrogens with zero attached hydrogens (tertiary/aromatic N) is 1. The maximum atomic E-state index is 11.8. The highest BCUT2D eigenvalue weighted by Crippen LogP contribution is 2.26. The zero-order valence-electron chi connectivity index (χ0n) is 11.6. The largest absolute Gasteiger partial charge is 0.368 e. The zero-order valence-corrected chi connectivity index (χ0v) is 13.2. The minimum atomic E-state index is -0.253. The van der Waals surface area contributed by atoms with Gasteiger partial charge in [0.2, 0.25) is 5.91 Å². The Morgan fingerprint density at radius 2 is 1.81 bits per heavy atom. The first-order valence-corrected chi connectivity index (χ1v) is 7.78. The van der Waals surface area contributed by atoms with Crippen molar-refractivity contribution >= 4 is 21.8 Å². The van der Waals surface area contributed by atoms with E-state index >= 15 is 0 Å². The normalized spacial score (nSPS) is 18.2. The van der Waals surface area contributed by atoms with Crippen LogP contribution in [0.4, 0.5) is 0 Å². The average molecular weight is 345 g/mol. The number of nitrogens with two attached hydrogens (primary N) is 1. The van der Waals surface area contributed by atoms with E-state index in [4.69, 9.17) is 5.73 Å². The summed E-state index contributed by atoms with van der Waals surface area (Å²) in [6.45, 7) is 1.47. The highest BCUT2D eigenvalue weighted by molar-refractivity contribution is 9.10. The van der Waals surface area contributed by atoms with Gasteiger partial charge in [0.05, 0.1) is 6.04 Å². The number of carbonyl (C=O) groups is 1. The summed E-state index contributed by atoms with van der Waals surface area (Å²) in [5, 5.41) is 0. The van der Waals surface area contributed by atoms with Crippen LogP contribution in [0.1, 0.15) is 16.7 Å². The highest BCUT2D eigenvalue weighted by Gasteiger charge is 2.30. The van der Waals surface area contributed by atoms with E-state index in [-0.39, 0.29) is 11.9 Å². The second kappa shape index (κ2) is 6.00. The van der Waals surface area contributed by atoms with E-state index in [0.29, 0.717) is 13.0 Å². The molecule has 0 unspecified atom stereocenters. The summed E-state index contributed by atoms with van der Waals surface area (Å²) >= 11 is 3.57. The van der Waals surface area contributed by atoms with Crippen molar-refractivity contribution < 1.29 is 4.79 Å². The molecule has 108 valence electrons. The van der Waals surface area contributed by atoms with E-state index in [1.807, 2.05) is 30.3 Å². The molecule has 3 nitrogen and oxygen atoms in total. The Morgan fingerprint density at radius 3 is 2.52 bits per heavy atom. The summed E-state index contributed by atoms with van der Waals surface area (Å²) in [7, 11) is 0. The fourth-order valence-electron chi connectivity index (χ4n) is 2.87. The van der Waals surface area contributed by atoms with Crippen LogP contribution in [0.5, 0.6) is 0 Å². The van der Waals surface area contributed by atoms with Crippen LogP contribution < -0.4 is 5.73 Å². The molecule has 0 fully saturated rings. The van der Waals surface area contributed by atoms with Crippen molar-refractivity contribution in [3.63, 3.8) is 0 Å². The maximum absolute atomic E-state index is 11.8. The van der Waals surface area contributed by atoms with Gasteiger partial charge in [-0.3, -0.25) is 9.69 Å². The van der Waals surface area contributed by atoms with Crippen molar-refractivity contribution in [1.82, 2.24) is 4.90 Å². The lowest BCUT2D eigenvalue weighted by molar-refractivity contribution is -0.124. The van der Waals surface area contributed by atoms with Gasteiger partial charge in [-0.1, -0.05) is 58.4 Å². The smallest absolute Gasteiger partial charge is 0.235 e. The maximum Gasteiger partial charge on any atom is 0.235 e. The predicted octanol–water partition coefficient (Wildman–Crippen LogP) is 2.86. The molecule has 4 heteroatoms. The minimum Gasteiger partial charge on any atom is -0.368 e. The molecule has 0 radical (unpaired) electrons. The van der Waals surface area contributed by atoms with Crippen LogP contribution in [-0.4, -0.2) is 16.8 Å². The van der Waals surface area contributed by atoms with Gasteiger partial charge >= 0.3 is 0 Å². The molecule has 0 aromatic heterocycles. The van der Waals surface area contributed by atoms with Crippen LogP contribution >= 0.6 is 15.9 Å². The highest BCUT2D eigenvalue weighted by atomic mass is 79.9. The van der Waals surface area contributed by atoms with Crippen molar-refractivity contribution in [3.05, 3.63) is 69.7 Å². The molecule has 0 saturated heterocycles. The molecule has 1 atom stereocenters. The Bertz CT molecular complexity index is 671. The van der Waals surface area contributed by atoms with Crippen LogP contribution in [0.15, 0.2) is 53.0 Å². The fourth-order valence-corrected chi connectivity index (χ4v) is 3.28. The summed E-state index contributed by atoms with van der Waals surface area (Å²) in [4.78, 5) is 14.0. The number of halogens is 1. The van der Waals surface area contributed by atoms with Crippen molar-refractivity contribution in [2.45, 2.75) is 25.6 Å². The molecule has 3 rings (SSSR count). The molecule has 2 aromatic rings. The third kappa shape index (κ3) is 3.01. The van der Waals surface area contributed by atoms with Gasteiger partial charge < -0.3 is 5.73 Å². The van der Waals surface area contributed by atoms with Gasteiger partial charge in [-0.25, -0.2) is 0 Å². The van der Waals surface area contributed by atoms with Gasteiger partial charge in [0.1, 0.15) is 0 Å². The molecule has 1 aliphatic heterocycles. The lowest BCUT2D eigenvalue weighted by Gasteiger charge is -2.35. The van der Waals surface area contributed by atoms with Crippen LogP contribution in [-0.2, 0) is 24.3 Å². The Morgan fingerprint density at radius 1 is 1.14 bits per heavy atom. The van der Waals surface area contributed by atoms with E-state index in [9.17, 15) is 4.79 Å². The molecular formula is C17H17BrN2O. The summed E-state index contributed by atoms with van der Waals surface area (Å²) < 4.78 is 1.06. The quantitative estimate of drug-likeness (QED) is 0.930. The number of carbonyl (C=O) groups excluding carboxylic acids is 1. The molecular weight excluding hydrogens is 328 g/mol. The van der Waals surface area contributed by atoms with Crippen molar-refractivity contribution in [1.29, 1.82) is 0 Å². The van der Waals surface area contributed by atoms with Crippen LogP contribution in [0.25, 0.3) is 0 Å². The van der Waals surface area contributed by atoms with Crippen LogP contribution in [0.2, 0.25) is 0 Å². The molecule has 1 aliphatic rings. The molecule has 2 N–H and O–H groups in total. The van der Waals surface area contributed by atoms with E-state index in [0.717, 1.165) is 11.0 Å². The molecule has 0 saturated carbocycles. The van der Waals surface area contributed by atoms with Gasteiger partial charge in [0, 0.05) is 17.6 Å². The van der Waals surface area contributed by atoms with Crippen LogP contribution in [0, 0.1) is 0 Å². The third-order valence-corrected chi connectivity index (χ3v) is 4.78. The Labute approximate surface area is 132 Å². The van der Waals surface area contributed by atoms with Crippen molar-refractivity contribution in [3.8, 4) is 0 Å². The average Bonchev–Trinajstić information content (AvgIpc) is 2.48. The molecule has 0 spiro atoms. The standard InChI is InChI=1S/C17H17BrN2O/c18-15-8-4-3-7-14(15)11-20-10-13-6-2-1-5-12(13)9-16(20)17(19)21/h1-8,16H,9-11H2,(H2,19,21)/t16-/m0/s1. The number of hydrogen-bond donors (Lipinski definition) is 1. The van der Waals surface area contributed by atoms with Gasteiger partial charge in [0.25, 0.3) is 0 Å². The van der Waals surface area contributed by atoms with E-state index < -0.39 is 0 Å². The predicted molar refractivity (Wildman–Crippen MR) is 86.5 cm³/mol. The third-order valence-electron chi connectivity index (χ3n) is 4.01. The second-order valence-electron chi connectivity index (χ2n) is 5.39. The minimum absolute atomic E-state index is 0.244. The fraction of sp³-hybridized carbons (Fsp3) is 0.235. The number of fused-ring (bicyclic) bond motifs is 1. The SMILES string of the molecule is NC(=O)[C@@H]1Cc2ccccc2CN1Cc1ccccc1Br. The van der Waals surface area contributed by atoms with Gasteiger partial charge in [0.15, 0.2) is 0 Å². The zero-order chi connectivity index (χ0) is 14.8. The van der Waals surface area contributed by atoms with Crippen molar-refractivity contribution in [2.75, 3.05) is 0 Å².